The molecule has 6 nitrogen and oxygen atoms in total. The van der Waals surface area contributed by atoms with E-state index in [4.69, 9.17) is 0 Å². The molecule has 2 heterocycles. The number of nitrogens with zero attached hydrogens (tertiary/aromatic N) is 3. The maximum absolute atomic E-state index is 13.1. The summed E-state index contributed by atoms with van der Waals surface area (Å²) in [5.41, 5.74) is 1.47. The molecule has 32 heavy (non-hydrogen) atoms. The summed E-state index contributed by atoms with van der Waals surface area (Å²) < 4.78 is 39.3. The van der Waals surface area contributed by atoms with Crippen molar-refractivity contribution in [1.82, 2.24) is 15.4 Å². The maximum Gasteiger partial charge on any atom is 0.431 e. The topological polar surface area (TPSA) is 84.3 Å². The van der Waals surface area contributed by atoms with Crippen LogP contribution in [0.25, 0.3) is 10.0 Å². The van der Waals surface area contributed by atoms with Crippen molar-refractivity contribution >= 4 is 40.1 Å². The molecule has 1 fully saturated rings. The van der Waals surface area contributed by atoms with Gasteiger partial charge in [0.1, 0.15) is 11.4 Å². The minimum absolute atomic E-state index is 0.0671. The number of hydrazone groups is 1. The van der Waals surface area contributed by atoms with Crippen LogP contribution in [-0.4, -0.2) is 33.5 Å². The summed E-state index contributed by atoms with van der Waals surface area (Å²) in [7, 11) is 0. The van der Waals surface area contributed by atoms with Gasteiger partial charge in [-0.05, 0) is 44.4 Å². The number of aromatic nitrogens is 2. The van der Waals surface area contributed by atoms with Gasteiger partial charge >= 0.3 is 6.18 Å². The van der Waals surface area contributed by atoms with Gasteiger partial charge in [0.15, 0.2) is 15.8 Å². The van der Waals surface area contributed by atoms with Gasteiger partial charge < -0.3 is 0 Å². The third-order valence-electron chi connectivity index (χ3n) is 4.92. The number of amides is 1. The smallest absolute Gasteiger partial charge is 0.292 e. The first-order valence-electron chi connectivity index (χ1n) is 10.7. The quantitative estimate of drug-likeness (QED) is 0.170. The third kappa shape index (κ3) is 6.93. The first-order chi connectivity index (χ1) is 15.3. The van der Waals surface area contributed by atoms with Gasteiger partial charge in [0.2, 0.25) is 5.91 Å². The first kappa shape index (κ1) is 24.5. The summed E-state index contributed by atoms with van der Waals surface area (Å²) >= 11 is 2.99. The lowest BCUT2D eigenvalue weighted by Crippen LogP contribution is -2.28. The van der Waals surface area contributed by atoms with E-state index in [2.05, 4.69) is 15.1 Å². The van der Waals surface area contributed by atoms with Crippen LogP contribution < -0.4 is 5.43 Å². The predicted octanol–water partition coefficient (Wildman–Crippen LogP) is 6.11. The number of Topliss-reactive ketones (excluding diaryl/α,β-unsaturated/α-hetero) is 1. The second-order valence-electron chi connectivity index (χ2n) is 7.67. The number of thiazole rings is 2. The number of ketones is 1. The minimum Gasteiger partial charge on any atom is -0.292 e. The molecule has 0 aromatic carbocycles. The van der Waals surface area contributed by atoms with Gasteiger partial charge in [-0.1, -0.05) is 13.3 Å². The summed E-state index contributed by atoms with van der Waals surface area (Å²) in [5.74, 6) is -0.220. The Hall–Kier alpha value is -2.14. The molecule has 1 amide bonds. The Balaban J connectivity index is 1.50. The summed E-state index contributed by atoms with van der Waals surface area (Å²) in [6, 6.07) is 0. The van der Waals surface area contributed by atoms with Crippen LogP contribution in [-0.2, 0) is 4.79 Å². The highest BCUT2D eigenvalue weighted by Crippen LogP contribution is 2.46. The number of hydrogen-bond acceptors (Lipinski definition) is 7. The van der Waals surface area contributed by atoms with Gasteiger partial charge in [-0.25, -0.2) is 15.4 Å². The fourth-order valence-electron chi connectivity index (χ4n) is 3.12. The van der Waals surface area contributed by atoms with Crippen molar-refractivity contribution in [1.29, 1.82) is 0 Å². The van der Waals surface area contributed by atoms with E-state index >= 15 is 0 Å². The highest BCUT2D eigenvalue weighted by Gasteiger charge is 2.35. The Labute approximate surface area is 192 Å². The number of carbonyl (C=O) groups excluding carboxylic acids is 2. The molecule has 0 unspecified atom stereocenters. The van der Waals surface area contributed by atoms with Crippen LogP contribution in [0.4, 0.5) is 13.2 Å². The number of nitrogens with one attached hydrogen (secondary N) is 1. The molecule has 2 aromatic heterocycles. The van der Waals surface area contributed by atoms with Crippen LogP contribution in [0, 0.1) is 0 Å². The minimum atomic E-state index is -4.60. The van der Waals surface area contributed by atoms with E-state index in [0.717, 1.165) is 27.7 Å². The molecule has 3 rings (SSSR count). The van der Waals surface area contributed by atoms with Crippen LogP contribution in [0.15, 0.2) is 16.7 Å². The van der Waals surface area contributed by atoms with Gasteiger partial charge in [-0.2, -0.15) is 18.3 Å². The Morgan fingerprint density at radius 1 is 1.16 bits per heavy atom. The Bertz CT molecular complexity index is 951. The molecule has 0 atom stereocenters. The summed E-state index contributed by atoms with van der Waals surface area (Å²) in [6.07, 6.45) is 0.953. The van der Waals surface area contributed by atoms with Crippen LogP contribution in [0.3, 0.4) is 0 Å². The largest absolute Gasteiger partial charge is 0.431 e. The lowest BCUT2D eigenvalue weighted by atomic mass is 10.1. The van der Waals surface area contributed by atoms with Crippen LogP contribution in [0.5, 0.6) is 0 Å². The van der Waals surface area contributed by atoms with E-state index < -0.39 is 17.8 Å². The number of halogens is 3. The fourth-order valence-corrected chi connectivity index (χ4v) is 5.05. The zero-order valence-corrected chi connectivity index (χ0v) is 19.3. The molecule has 11 heteroatoms. The second-order valence-corrected chi connectivity index (χ2v) is 9.59. The first-order valence-corrected chi connectivity index (χ1v) is 12.4. The number of unbranched alkanes of at least 4 members (excludes halogenated alkanes) is 2. The fraction of sp³-hybridized carbons (Fsp3) is 0.571. The SMILES string of the molecule is CCCC(=O)N/N=C(/CCCCCC(=O)c1nc(-c2nccs2)sc1C1CC1)C(F)(F)F. The molecule has 1 aliphatic rings. The molecule has 2 aromatic rings. The maximum atomic E-state index is 13.1. The van der Waals surface area contributed by atoms with Crippen LogP contribution in [0.2, 0.25) is 0 Å². The molecule has 174 valence electrons. The van der Waals surface area contributed by atoms with Crippen molar-refractivity contribution in [2.45, 2.75) is 76.8 Å². The molecule has 0 bridgehead atoms. The average Bonchev–Trinajstić information content (AvgIpc) is 3.25. The number of rotatable bonds is 12. The summed E-state index contributed by atoms with van der Waals surface area (Å²) in [5, 5.41) is 6.68. The van der Waals surface area contributed by atoms with E-state index in [0.29, 0.717) is 30.9 Å². The molecule has 0 radical (unpaired) electrons. The standard InChI is InChI=1S/C21H25F3N4O2S2/c1-2-6-16(30)28-27-15(21(22,23)24)8-5-3-4-7-14(29)17-18(13-9-10-13)32-20(26-17)19-25-11-12-31-19/h11-13H,2-10H2,1H3,(H,28,30)/b27-15-. The molecular weight excluding hydrogens is 461 g/mol. The lowest BCUT2D eigenvalue weighted by molar-refractivity contribution is -0.121. The number of hydrogen-bond donors (Lipinski definition) is 1. The molecule has 0 aliphatic heterocycles. The summed E-state index contributed by atoms with van der Waals surface area (Å²) in [4.78, 5) is 33.9. The number of alkyl halides is 3. The summed E-state index contributed by atoms with van der Waals surface area (Å²) in [6.45, 7) is 1.76. The third-order valence-corrected chi connectivity index (χ3v) is 7.05. The number of carbonyl (C=O) groups is 2. The molecule has 1 N–H and O–H groups in total. The lowest BCUT2D eigenvalue weighted by Gasteiger charge is -2.10. The van der Waals surface area contributed by atoms with E-state index in [9.17, 15) is 22.8 Å². The molecule has 0 spiro atoms. The van der Waals surface area contributed by atoms with Crippen molar-refractivity contribution in [3.8, 4) is 10.0 Å². The molecule has 1 aliphatic carbocycles. The predicted molar refractivity (Wildman–Crippen MR) is 119 cm³/mol. The van der Waals surface area contributed by atoms with Gasteiger partial charge in [-0.15, -0.1) is 22.7 Å². The van der Waals surface area contributed by atoms with Crippen molar-refractivity contribution in [3.63, 3.8) is 0 Å². The van der Waals surface area contributed by atoms with Gasteiger partial charge in [-0.3, -0.25) is 9.59 Å². The Kier molecular flexibility index (Phi) is 8.52. The monoisotopic (exact) mass is 486 g/mol. The van der Waals surface area contributed by atoms with Crippen LogP contribution >= 0.6 is 22.7 Å². The normalized spacial score (nSPS) is 14.6. The highest BCUT2D eigenvalue weighted by molar-refractivity contribution is 7.20. The van der Waals surface area contributed by atoms with Crippen molar-refractivity contribution in [2.75, 3.05) is 0 Å². The van der Waals surface area contributed by atoms with Crippen molar-refractivity contribution in [2.24, 2.45) is 5.10 Å². The molecule has 0 saturated heterocycles. The molecule has 1 saturated carbocycles. The van der Waals surface area contributed by atoms with Gasteiger partial charge in [0, 0.05) is 29.3 Å². The van der Waals surface area contributed by atoms with Crippen molar-refractivity contribution < 1.29 is 22.8 Å². The van der Waals surface area contributed by atoms with E-state index in [1.165, 1.54) is 22.7 Å². The van der Waals surface area contributed by atoms with E-state index in [1.807, 2.05) is 10.8 Å². The van der Waals surface area contributed by atoms with E-state index in [1.54, 1.807) is 13.1 Å². The van der Waals surface area contributed by atoms with E-state index in [-0.39, 0.29) is 31.5 Å². The molecular formula is C21H25F3N4O2S2. The zero-order chi connectivity index (χ0) is 23.1. The van der Waals surface area contributed by atoms with Gasteiger partial charge in [0.05, 0.1) is 0 Å². The van der Waals surface area contributed by atoms with Crippen LogP contribution in [0.1, 0.15) is 86.0 Å². The Morgan fingerprint density at radius 3 is 2.53 bits per heavy atom. The zero-order valence-electron chi connectivity index (χ0n) is 17.7. The highest BCUT2D eigenvalue weighted by atomic mass is 32.1. The Morgan fingerprint density at radius 2 is 1.91 bits per heavy atom. The average molecular weight is 487 g/mol. The van der Waals surface area contributed by atoms with Gasteiger partial charge in [0.25, 0.3) is 0 Å². The van der Waals surface area contributed by atoms with Crippen molar-refractivity contribution in [3.05, 3.63) is 22.1 Å². The second kappa shape index (κ2) is 11.1.